The summed E-state index contributed by atoms with van der Waals surface area (Å²) < 4.78 is 5.29. The van der Waals surface area contributed by atoms with Crippen LogP contribution in [0.1, 0.15) is 5.56 Å². The van der Waals surface area contributed by atoms with Crippen LogP contribution in [-0.4, -0.2) is 32.0 Å². The number of ether oxygens (including phenoxy) is 1. The summed E-state index contributed by atoms with van der Waals surface area (Å²) in [4.78, 5) is 2.09. The Morgan fingerprint density at radius 1 is 1.19 bits per heavy atom. The van der Waals surface area contributed by atoms with E-state index in [1.807, 2.05) is 6.07 Å². The Morgan fingerprint density at radius 3 is 2.52 bits per heavy atom. The molecule has 104 valence electrons. The smallest absolute Gasteiger partial charge is 0.237 e. The van der Waals surface area contributed by atoms with E-state index in [-0.39, 0.29) is 5.71 Å². The normalized spacial score (nSPS) is 13.5. The minimum absolute atomic E-state index is 0.272. The van der Waals surface area contributed by atoms with Gasteiger partial charge in [-0.05, 0) is 18.2 Å². The molecule has 7 nitrogen and oxygen atoms in total. The van der Waals surface area contributed by atoms with E-state index in [1.54, 1.807) is 24.3 Å². The van der Waals surface area contributed by atoms with Crippen LogP contribution in [0.15, 0.2) is 23.3 Å². The highest BCUT2D eigenvalue weighted by molar-refractivity contribution is 6.10. The van der Waals surface area contributed by atoms with E-state index < -0.39 is 0 Å². The van der Waals surface area contributed by atoms with Crippen molar-refractivity contribution in [2.45, 2.75) is 0 Å². The van der Waals surface area contributed by atoms with Crippen molar-refractivity contribution in [3.05, 3.63) is 23.8 Å². The number of rotatable bonds is 3. The molecule has 1 heterocycles. The summed E-state index contributed by atoms with van der Waals surface area (Å²) >= 11 is 0. The van der Waals surface area contributed by atoms with Crippen LogP contribution in [0.3, 0.4) is 0 Å². The van der Waals surface area contributed by atoms with E-state index in [0.717, 1.165) is 18.8 Å². The maximum atomic E-state index is 9.27. The number of nitriles is 3. The average molecular weight is 280 g/mol. The third-order valence-corrected chi connectivity index (χ3v) is 2.98. The molecule has 1 N–H and O–H groups in total. The Bertz CT molecular complexity index is 654. The highest BCUT2D eigenvalue weighted by Gasteiger charge is 2.15. The summed E-state index contributed by atoms with van der Waals surface area (Å²) in [5, 5.41) is 30.1. The van der Waals surface area contributed by atoms with E-state index in [2.05, 4.69) is 21.5 Å². The van der Waals surface area contributed by atoms with E-state index in [1.165, 1.54) is 0 Å². The van der Waals surface area contributed by atoms with Crippen molar-refractivity contribution < 1.29 is 4.74 Å². The number of nitrogens with zero attached hydrogens (tertiary/aromatic N) is 5. The van der Waals surface area contributed by atoms with E-state index in [0.29, 0.717) is 24.5 Å². The molecule has 1 aromatic carbocycles. The minimum atomic E-state index is -0.272. The van der Waals surface area contributed by atoms with E-state index >= 15 is 0 Å². The molecule has 1 aliphatic rings. The Morgan fingerprint density at radius 2 is 1.90 bits per heavy atom. The van der Waals surface area contributed by atoms with Crippen molar-refractivity contribution in [1.82, 2.24) is 0 Å². The first-order valence-corrected chi connectivity index (χ1v) is 6.29. The molecule has 7 heteroatoms. The van der Waals surface area contributed by atoms with Crippen LogP contribution in [0, 0.1) is 34.0 Å². The monoisotopic (exact) mass is 280 g/mol. The molecular formula is C14H12N6O. The van der Waals surface area contributed by atoms with Crippen LogP contribution in [0.25, 0.3) is 0 Å². The highest BCUT2D eigenvalue weighted by atomic mass is 16.5. The molecule has 0 atom stereocenters. The third kappa shape index (κ3) is 3.48. The lowest BCUT2D eigenvalue weighted by molar-refractivity contribution is 0.122. The van der Waals surface area contributed by atoms with Crippen molar-refractivity contribution in [2.75, 3.05) is 36.6 Å². The quantitative estimate of drug-likeness (QED) is 0.658. The zero-order chi connectivity index (χ0) is 15.1. The molecule has 1 saturated heterocycles. The maximum Gasteiger partial charge on any atom is 0.237 e. The summed E-state index contributed by atoms with van der Waals surface area (Å²) in [5.41, 5.74) is 4.23. The molecule has 0 spiro atoms. The van der Waals surface area contributed by atoms with Gasteiger partial charge in [0.15, 0.2) is 0 Å². The lowest BCUT2D eigenvalue weighted by atomic mass is 10.1. The van der Waals surface area contributed by atoms with Gasteiger partial charge in [-0.2, -0.15) is 20.9 Å². The maximum absolute atomic E-state index is 9.27. The fourth-order valence-corrected chi connectivity index (χ4v) is 1.97. The van der Waals surface area contributed by atoms with E-state index in [9.17, 15) is 5.26 Å². The number of hydrogen-bond donors (Lipinski definition) is 1. The molecule has 0 radical (unpaired) electrons. The average Bonchev–Trinajstić information content (AvgIpc) is 2.56. The molecule has 0 amide bonds. The van der Waals surface area contributed by atoms with E-state index in [4.69, 9.17) is 15.3 Å². The third-order valence-electron chi connectivity index (χ3n) is 2.98. The van der Waals surface area contributed by atoms with Crippen LogP contribution >= 0.6 is 0 Å². The molecular weight excluding hydrogens is 268 g/mol. The molecule has 0 aliphatic carbocycles. The summed E-state index contributed by atoms with van der Waals surface area (Å²) in [6.07, 6.45) is 0. The largest absolute Gasteiger partial charge is 0.378 e. The van der Waals surface area contributed by atoms with Gasteiger partial charge in [-0.25, -0.2) is 0 Å². The molecule has 0 unspecified atom stereocenters. The standard InChI is InChI=1S/C14H12N6O/c15-8-11-7-12(18-19-13(9-16)10-17)1-2-14(11)20-3-5-21-6-4-20/h1-2,7,18H,3-6H2. The van der Waals surface area contributed by atoms with Gasteiger partial charge in [0.1, 0.15) is 18.2 Å². The Kier molecular flexibility index (Phi) is 4.71. The van der Waals surface area contributed by atoms with Crippen molar-refractivity contribution in [2.24, 2.45) is 5.10 Å². The summed E-state index contributed by atoms with van der Waals surface area (Å²) in [5.74, 6) is 0. The summed E-state index contributed by atoms with van der Waals surface area (Å²) in [6.45, 7) is 2.77. The summed E-state index contributed by atoms with van der Waals surface area (Å²) in [6, 6.07) is 10.7. The van der Waals surface area contributed by atoms with Gasteiger partial charge in [0, 0.05) is 13.1 Å². The molecule has 1 aromatic rings. The first-order valence-electron chi connectivity index (χ1n) is 6.29. The van der Waals surface area contributed by atoms with Crippen LogP contribution in [0.5, 0.6) is 0 Å². The number of anilines is 2. The van der Waals surface area contributed by atoms with Crippen molar-refractivity contribution in [1.29, 1.82) is 15.8 Å². The van der Waals surface area contributed by atoms with Gasteiger partial charge < -0.3 is 9.64 Å². The first kappa shape index (κ1) is 14.3. The van der Waals surface area contributed by atoms with Gasteiger partial charge in [0.05, 0.1) is 30.2 Å². The van der Waals surface area contributed by atoms with Crippen LogP contribution < -0.4 is 10.3 Å². The SMILES string of the molecule is N#CC(C#N)=NNc1ccc(N2CCOCC2)c(C#N)c1. The Hall–Kier alpha value is -3.08. The van der Waals surface area contributed by atoms with Crippen molar-refractivity contribution in [3.8, 4) is 18.2 Å². The fourth-order valence-electron chi connectivity index (χ4n) is 1.97. The number of hydrazone groups is 1. The minimum Gasteiger partial charge on any atom is -0.378 e. The predicted octanol–water partition coefficient (Wildman–Crippen LogP) is 1.21. The van der Waals surface area contributed by atoms with Gasteiger partial charge in [-0.15, -0.1) is 0 Å². The summed E-state index contributed by atoms with van der Waals surface area (Å²) in [7, 11) is 0. The number of morpholine rings is 1. The second kappa shape index (κ2) is 6.91. The van der Waals surface area contributed by atoms with Gasteiger partial charge in [-0.1, -0.05) is 0 Å². The molecule has 21 heavy (non-hydrogen) atoms. The molecule has 0 bridgehead atoms. The lowest BCUT2D eigenvalue weighted by Crippen LogP contribution is -2.36. The first-order chi connectivity index (χ1) is 10.3. The van der Waals surface area contributed by atoms with Crippen molar-refractivity contribution in [3.63, 3.8) is 0 Å². The number of benzene rings is 1. The van der Waals surface area contributed by atoms with Crippen molar-refractivity contribution >= 4 is 17.1 Å². The van der Waals surface area contributed by atoms with Crippen LogP contribution in [-0.2, 0) is 4.74 Å². The fraction of sp³-hybridized carbons (Fsp3) is 0.286. The molecule has 1 fully saturated rings. The predicted molar refractivity (Wildman–Crippen MR) is 76.5 cm³/mol. The van der Waals surface area contributed by atoms with Crippen LogP contribution in [0.4, 0.5) is 11.4 Å². The zero-order valence-corrected chi connectivity index (χ0v) is 11.2. The van der Waals surface area contributed by atoms with Gasteiger partial charge >= 0.3 is 0 Å². The second-order valence-corrected chi connectivity index (χ2v) is 4.24. The molecule has 0 aromatic heterocycles. The van der Waals surface area contributed by atoms with Gasteiger partial charge in [0.2, 0.25) is 5.71 Å². The van der Waals surface area contributed by atoms with Gasteiger partial charge in [-0.3, -0.25) is 5.43 Å². The molecule has 1 aliphatic heterocycles. The number of hydrogen-bond acceptors (Lipinski definition) is 7. The second-order valence-electron chi connectivity index (χ2n) is 4.24. The number of nitrogens with one attached hydrogen (secondary N) is 1. The van der Waals surface area contributed by atoms with Crippen LogP contribution in [0.2, 0.25) is 0 Å². The Balaban J connectivity index is 2.21. The zero-order valence-electron chi connectivity index (χ0n) is 11.2. The topological polar surface area (TPSA) is 108 Å². The molecule has 2 rings (SSSR count). The molecule has 0 saturated carbocycles. The highest BCUT2D eigenvalue weighted by Crippen LogP contribution is 2.24. The van der Waals surface area contributed by atoms with Gasteiger partial charge in [0.25, 0.3) is 0 Å². The Labute approximate surface area is 122 Å². The lowest BCUT2D eigenvalue weighted by Gasteiger charge is -2.29.